The smallest absolute Gasteiger partial charge is 0.409 e. The first-order chi connectivity index (χ1) is 8.72. The van der Waals surface area contributed by atoms with Crippen LogP contribution >= 0.6 is 0 Å². The van der Waals surface area contributed by atoms with Gasteiger partial charge in [0.05, 0.1) is 0 Å². The molecule has 0 saturated carbocycles. The Morgan fingerprint density at radius 3 is 3.00 bits per heavy atom. The van der Waals surface area contributed by atoms with Crippen molar-refractivity contribution in [3.8, 4) is 5.75 Å². The van der Waals surface area contributed by atoms with Crippen molar-refractivity contribution in [2.45, 2.75) is 19.8 Å². The van der Waals surface area contributed by atoms with Crippen LogP contribution in [0.25, 0.3) is 10.9 Å². The third kappa shape index (κ3) is 2.64. The minimum atomic E-state index is -0.308. The van der Waals surface area contributed by atoms with Gasteiger partial charge in [-0.05, 0) is 24.6 Å². The van der Waals surface area contributed by atoms with Crippen molar-refractivity contribution in [2.24, 2.45) is 0 Å². The van der Waals surface area contributed by atoms with Gasteiger partial charge in [0.2, 0.25) is 0 Å². The highest BCUT2D eigenvalue weighted by Crippen LogP contribution is 2.24. The molecule has 4 heteroatoms. The van der Waals surface area contributed by atoms with Gasteiger partial charge < -0.3 is 14.6 Å². The molecule has 1 N–H and O–H groups in total. The predicted molar refractivity (Wildman–Crippen MR) is 71.9 cm³/mol. The summed E-state index contributed by atoms with van der Waals surface area (Å²) in [5.41, 5.74) is 0.969. The first-order valence-electron chi connectivity index (χ1n) is 6.21. The fourth-order valence-corrected chi connectivity index (χ4v) is 1.80. The van der Waals surface area contributed by atoms with Crippen LogP contribution in [-0.4, -0.2) is 29.6 Å². The van der Waals surface area contributed by atoms with Gasteiger partial charge in [-0.3, -0.25) is 0 Å². The summed E-state index contributed by atoms with van der Waals surface area (Å²) in [5, 5.41) is 0.926. The average Bonchev–Trinajstić information content (AvgIpc) is 2.85. The number of hydrogen-bond donors (Lipinski definition) is 1. The number of H-pyrrole nitrogens is 1. The number of amides is 1. The number of hydrogen-bond acceptors (Lipinski definition) is 2. The Kier molecular flexibility index (Phi) is 3.87. The zero-order valence-electron chi connectivity index (χ0n) is 10.8. The highest BCUT2D eigenvalue weighted by molar-refractivity contribution is 5.88. The highest BCUT2D eigenvalue weighted by Gasteiger charge is 2.12. The van der Waals surface area contributed by atoms with E-state index in [2.05, 4.69) is 11.9 Å². The van der Waals surface area contributed by atoms with Crippen LogP contribution in [0.2, 0.25) is 0 Å². The molecule has 18 heavy (non-hydrogen) atoms. The molecule has 0 spiro atoms. The molecular weight excluding hydrogens is 228 g/mol. The summed E-state index contributed by atoms with van der Waals surface area (Å²) in [6.45, 7) is 2.82. The Morgan fingerprint density at radius 1 is 1.39 bits per heavy atom. The van der Waals surface area contributed by atoms with Crippen LogP contribution < -0.4 is 4.74 Å². The number of benzene rings is 1. The van der Waals surface area contributed by atoms with Crippen molar-refractivity contribution in [2.75, 3.05) is 13.6 Å². The summed E-state index contributed by atoms with van der Waals surface area (Å²) in [5.74, 6) is 0.599. The molecular formula is C14H18N2O2. The van der Waals surface area contributed by atoms with Gasteiger partial charge in [0.15, 0.2) is 0 Å². The molecule has 4 nitrogen and oxygen atoms in total. The number of nitrogens with one attached hydrogen (secondary N) is 1. The maximum atomic E-state index is 11.9. The molecule has 0 unspecified atom stereocenters. The topological polar surface area (TPSA) is 45.3 Å². The molecule has 1 aromatic heterocycles. The third-order valence-corrected chi connectivity index (χ3v) is 2.91. The van der Waals surface area contributed by atoms with E-state index in [-0.39, 0.29) is 6.09 Å². The third-order valence-electron chi connectivity index (χ3n) is 2.91. The maximum Gasteiger partial charge on any atom is 0.414 e. The Labute approximate surface area is 107 Å². The van der Waals surface area contributed by atoms with E-state index < -0.39 is 0 Å². The molecule has 2 rings (SSSR count). The second kappa shape index (κ2) is 5.58. The molecule has 0 aliphatic carbocycles. The van der Waals surface area contributed by atoms with Crippen molar-refractivity contribution in [3.05, 3.63) is 30.5 Å². The van der Waals surface area contributed by atoms with Crippen LogP contribution in [-0.2, 0) is 0 Å². The van der Waals surface area contributed by atoms with Crippen LogP contribution in [0.1, 0.15) is 19.8 Å². The molecule has 1 aromatic carbocycles. The molecule has 0 bridgehead atoms. The Hall–Kier alpha value is -1.97. The molecule has 0 saturated heterocycles. The first-order valence-corrected chi connectivity index (χ1v) is 6.21. The van der Waals surface area contributed by atoms with Gasteiger partial charge in [0.25, 0.3) is 0 Å². The van der Waals surface area contributed by atoms with Crippen LogP contribution in [0.5, 0.6) is 5.75 Å². The molecule has 96 valence electrons. The highest BCUT2D eigenvalue weighted by atomic mass is 16.6. The normalized spacial score (nSPS) is 10.6. The van der Waals surface area contributed by atoms with Crippen LogP contribution in [0.3, 0.4) is 0 Å². The lowest BCUT2D eigenvalue weighted by Gasteiger charge is -2.16. The van der Waals surface area contributed by atoms with Gasteiger partial charge in [-0.15, -0.1) is 0 Å². The molecule has 2 aromatic rings. The number of carbonyl (C=O) groups excluding carboxylic acids is 1. The van der Waals surface area contributed by atoms with Gasteiger partial charge in [0.1, 0.15) is 5.75 Å². The average molecular weight is 246 g/mol. The quantitative estimate of drug-likeness (QED) is 0.898. The van der Waals surface area contributed by atoms with Crippen molar-refractivity contribution in [1.29, 1.82) is 0 Å². The zero-order chi connectivity index (χ0) is 13.0. The standard InChI is InChI=1S/C14H18N2O2/c1-3-4-10-16(2)14(17)18-13-7-5-6-12-11(13)8-9-15-12/h5-9,15H,3-4,10H2,1-2H3. The van der Waals surface area contributed by atoms with Gasteiger partial charge in [-0.2, -0.15) is 0 Å². The summed E-state index contributed by atoms with van der Waals surface area (Å²) in [7, 11) is 1.76. The Balaban J connectivity index is 2.09. The lowest BCUT2D eigenvalue weighted by atomic mass is 10.2. The SMILES string of the molecule is CCCCN(C)C(=O)Oc1cccc2[nH]ccc12. The van der Waals surface area contributed by atoms with E-state index in [0.717, 1.165) is 30.3 Å². The summed E-state index contributed by atoms with van der Waals surface area (Å²) in [4.78, 5) is 16.6. The van der Waals surface area contributed by atoms with E-state index in [9.17, 15) is 4.79 Å². The van der Waals surface area contributed by atoms with E-state index in [4.69, 9.17) is 4.74 Å². The summed E-state index contributed by atoms with van der Waals surface area (Å²) in [6.07, 6.45) is 3.57. The largest absolute Gasteiger partial charge is 0.414 e. The second-order valence-electron chi connectivity index (χ2n) is 4.34. The van der Waals surface area contributed by atoms with Crippen LogP contribution in [0.4, 0.5) is 4.79 Å². The lowest BCUT2D eigenvalue weighted by molar-refractivity contribution is 0.163. The molecule has 1 heterocycles. The van der Waals surface area contributed by atoms with E-state index in [1.807, 2.05) is 30.5 Å². The summed E-state index contributed by atoms with van der Waals surface area (Å²) >= 11 is 0. The molecule has 0 radical (unpaired) electrons. The number of nitrogens with zero attached hydrogens (tertiary/aromatic N) is 1. The summed E-state index contributed by atoms with van der Waals surface area (Å²) in [6, 6.07) is 7.53. The van der Waals surface area contributed by atoms with Crippen molar-refractivity contribution in [1.82, 2.24) is 9.88 Å². The number of unbranched alkanes of at least 4 members (excludes halogenated alkanes) is 1. The van der Waals surface area contributed by atoms with Crippen molar-refractivity contribution >= 4 is 17.0 Å². The number of ether oxygens (including phenoxy) is 1. The number of aromatic nitrogens is 1. The Bertz CT molecular complexity index is 533. The van der Waals surface area contributed by atoms with Gasteiger partial charge >= 0.3 is 6.09 Å². The number of carbonyl (C=O) groups is 1. The minimum absolute atomic E-state index is 0.308. The predicted octanol–water partition coefficient (Wildman–Crippen LogP) is 3.40. The minimum Gasteiger partial charge on any atom is -0.409 e. The van der Waals surface area contributed by atoms with Gasteiger partial charge in [0, 0.05) is 30.7 Å². The van der Waals surface area contributed by atoms with E-state index in [1.54, 1.807) is 11.9 Å². The first kappa shape index (κ1) is 12.5. The number of rotatable bonds is 4. The van der Waals surface area contributed by atoms with Crippen LogP contribution in [0, 0.1) is 0 Å². The molecule has 1 amide bonds. The van der Waals surface area contributed by atoms with E-state index in [0.29, 0.717) is 5.75 Å². The van der Waals surface area contributed by atoms with Crippen LogP contribution in [0.15, 0.2) is 30.5 Å². The van der Waals surface area contributed by atoms with Gasteiger partial charge in [-0.1, -0.05) is 19.4 Å². The van der Waals surface area contributed by atoms with E-state index in [1.165, 1.54) is 0 Å². The fraction of sp³-hybridized carbons (Fsp3) is 0.357. The van der Waals surface area contributed by atoms with Crippen molar-refractivity contribution in [3.63, 3.8) is 0 Å². The molecule has 0 aliphatic heterocycles. The van der Waals surface area contributed by atoms with Gasteiger partial charge in [-0.25, -0.2) is 4.79 Å². The molecule has 0 aliphatic rings. The second-order valence-corrected chi connectivity index (χ2v) is 4.34. The monoisotopic (exact) mass is 246 g/mol. The van der Waals surface area contributed by atoms with E-state index >= 15 is 0 Å². The maximum absolute atomic E-state index is 11.9. The molecule has 0 fully saturated rings. The number of aromatic amines is 1. The number of fused-ring (bicyclic) bond motifs is 1. The lowest BCUT2D eigenvalue weighted by Crippen LogP contribution is -2.30. The zero-order valence-corrected chi connectivity index (χ0v) is 10.8. The fourth-order valence-electron chi connectivity index (χ4n) is 1.80. The Morgan fingerprint density at radius 2 is 2.22 bits per heavy atom. The summed E-state index contributed by atoms with van der Waals surface area (Å²) < 4.78 is 5.41. The van der Waals surface area contributed by atoms with Crippen molar-refractivity contribution < 1.29 is 9.53 Å². The molecule has 0 atom stereocenters.